The first kappa shape index (κ1) is 12.7. The summed E-state index contributed by atoms with van der Waals surface area (Å²) >= 11 is 6.32. The molecule has 2 N–H and O–H groups in total. The molecule has 0 fully saturated rings. The van der Waals surface area contributed by atoms with Gasteiger partial charge in [0.05, 0.1) is 0 Å². The largest absolute Gasteiger partial charge is 0.327 e. The van der Waals surface area contributed by atoms with Gasteiger partial charge in [-0.25, -0.2) is 0 Å². The first-order valence-electron chi connectivity index (χ1n) is 6.82. The fourth-order valence-corrected chi connectivity index (χ4v) is 3.33. The van der Waals surface area contributed by atoms with Crippen LogP contribution in [-0.4, -0.2) is 6.04 Å². The Morgan fingerprint density at radius 1 is 1.05 bits per heavy atom. The van der Waals surface area contributed by atoms with Crippen LogP contribution in [0, 0.1) is 0 Å². The van der Waals surface area contributed by atoms with Gasteiger partial charge in [0.2, 0.25) is 0 Å². The Hall–Kier alpha value is -1.31. The Balaban J connectivity index is 1.95. The fourth-order valence-electron chi connectivity index (χ4n) is 3.06. The highest BCUT2D eigenvalue weighted by atomic mass is 35.5. The minimum Gasteiger partial charge on any atom is -0.327 e. The molecule has 1 aliphatic carbocycles. The van der Waals surface area contributed by atoms with E-state index in [4.69, 9.17) is 17.3 Å². The van der Waals surface area contributed by atoms with Crippen LogP contribution >= 0.6 is 11.6 Å². The molecule has 2 atom stereocenters. The lowest BCUT2D eigenvalue weighted by Crippen LogP contribution is -2.34. The predicted molar refractivity (Wildman–Crippen MR) is 80.6 cm³/mol. The SMILES string of the molecule is N[C@H]1CCc2c(Cl)cccc2[C@H]1Cc1ccccc1. The summed E-state index contributed by atoms with van der Waals surface area (Å²) in [6.07, 6.45) is 3.02. The number of hydrogen-bond donors (Lipinski definition) is 1. The fraction of sp³-hybridized carbons (Fsp3) is 0.294. The topological polar surface area (TPSA) is 26.0 Å². The monoisotopic (exact) mass is 271 g/mol. The lowest BCUT2D eigenvalue weighted by molar-refractivity contribution is 0.467. The molecule has 0 heterocycles. The van der Waals surface area contributed by atoms with Crippen LogP contribution in [0.15, 0.2) is 48.5 Å². The number of hydrogen-bond acceptors (Lipinski definition) is 1. The Morgan fingerprint density at radius 3 is 2.63 bits per heavy atom. The molecule has 2 aromatic rings. The van der Waals surface area contributed by atoms with Crippen molar-refractivity contribution in [2.75, 3.05) is 0 Å². The van der Waals surface area contributed by atoms with E-state index in [1.807, 2.05) is 12.1 Å². The van der Waals surface area contributed by atoms with E-state index in [1.165, 1.54) is 16.7 Å². The van der Waals surface area contributed by atoms with E-state index in [1.54, 1.807) is 0 Å². The molecule has 0 saturated heterocycles. The summed E-state index contributed by atoms with van der Waals surface area (Å²) in [5.41, 5.74) is 10.3. The Labute approximate surface area is 119 Å². The Bertz CT molecular complexity index is 565. The summed E-state index contributed by atoms with van der Waals surface area (Å²) in [5, 5.41) is 0.891. The number of fused-ring (bicyclic) bond motifs is 1. The van der Waals surface area contributed by atoms with Gasteiger partial charge in [0.15, 0.2) is 0 Å². The van der Waals surface area contributed by atoms with Crippen LogP contribution < -0.4 is 5.73 Å². The van der Waals surface area contributed by atoms with E-state index in [9.17, 15) is 0 Å². The second-order valence-electron chi connectivity index (χ2n) is 5.31. The smallest absolute Gasteiger partial charge is 0.0440 e. The summed E-state index contributed by atoms with van der Waals surface area (Å²) in [5.74, 6) is 0.379. The molecule has 0 aromatic heterocycles. The van der Waals surface area contributed by atoms with Gasteiger partial charge in [-0.3, -0.25) is 0 Å². The maximum atomic E-state index is 6.35. The van der Waals surface area contributed by atoms with E-state index in [0.717, 1.165) is 24.3 Å². The molecule has 2 aromatic carbocycles. The standard InChI is InChI=1S/C17H18ClN/c18-16-8-4-7-13-14(16)9-10-17(19)15(13)11-12-5-2-1-3-6-12/h1-8,15,17H,9-11,19H2/t15-,17+/m1/s1. The molecule has 98 valence electrons. The molecule has 0 saturated carbocycles. The number of halogens is 1. The minimum atomic E-state index is 0.228. The molecule has 0 aliphatic heterocycles. The second-order valence-corrected chi connectivity index (χ2v) is 5.71. The van der Waals surface area contributed by atoms with Crippen LogP contribution in [0.1, 0.15) is 29.0 Å². The molecule has 0 radical (unpaired) electrons. The summed E-state index contributed by atoms with van der Waals surface area (Å²) < 4.78 is 0. The summed E-state index contributed by atoms with van der Waals surface area (Å²) in [4.78, 5) is 0. The maximum absolute atomic E-state index is 6.35. The number of nitrogens with two attached hydrogens (primary N) is 1. The van der Waals surface area contributed by atoms with Crippen molar-refractivity contribution in [3.63, 3.8) is 0 Å². The summed E-state index contributed by atoms with van der Waals surface area (Å²) in [6.45, 7) is 0. The molecule has 3 rings (SSSR count). The highest BCUT2D eigenvalue weighted by Gasteiger charge is 2.28. The van der Waals surface area contributed by atoms with E-state index >= 15 is 0 Å². The van der Waals surface area contributed by atoms with Gasteiger partial charge in [-0.2, -0.15) is 0 Å². The van der Waals surface area contributed by atoms with Crippen molar-refractivity contribution >= 4 is 11.6 Å². The van der Waals surface area contributed by atoms with Gasteiger partial charge in [0.1, 0.15) is 0 Å². The van der Waals surface area contributed by atoms with Crippen LogP contribution in [0.25, 0.3) is 0 Å². The summed E-state index contributed by atoms with van der Waals surface area (Å²) in [6, 6.07) is 17.0. The van der Waals surface area contributed by atoms with Gasteiger partial charge in [0.25, 0.3) is 0 Å². The molecule has 1 aliphatic rings. The van der Waals surface area contributed by atoms with Crippen LogP contribution in [0.2, 0.25) is 5.02 Å². The Morgan fingerprint density at radius 2 is 1.84 bits per heavy atom. The quantitative estimate of drug-likeness (QED) is 0.880. The van der Waals surface area contributed by atoms with Gasteiger partial charge in [0, 0.05) is 17.0 Å². The van der Waals surface area contributed by atoms with E-state index in [-0.39, 0.29) is 6.04 Å². The lowest BCUT2D eigenvalue weighted by atomic mass is 9.76. The van der Waals surface area contributed by atoms with Crippen LogP contribution in [0.4, 0.5) is 0 Å². The minimum absolute atomic E-state index is 0.228. The zero-order valence-corrected chi connectivity index (χ0v) is 11.6. The molecule has 1 nitrogen and oxygen atoms in total. The van der Waals surface area contributed by atoms with Crippen molar-refractivity contribution in [1.29, 1.82) is 0 Å². The van der Waals surface area contributed by atoms with Gasteiger partial charge in [-0.15, -0.1) is 0 Å². The molecule has 0 bridgehead atoms. The third-order valence-corrected chi connectivity index (χ3v) is 4.45. The third kappa shape index (κ3) is 2.54. The van der Waals surface area contributed by atoms with Crippen LogP contribution in [0.3, 0.4) is 0 Å². The molecule has 19 heavy (non-hydrogen) atoms. The van der Waals surface area contributed by atoms with Crippen molar-refractivity contribution in [2.45, 2.75) is 31.2 Å². The molecule has 0 unspecified atom stereocenters. The van der Waals surface area contributed by atoms with Crippen molar-refractivity contribution in [3.8, 4) is 0 Å². The van der Waals surface area contributed by atoms with Crippen LogP contribution in [-0.2, 0) is 12.8 Å². The number of rotatable bonds is 2. The zero-order chi connectivity index (χ0) is 13.2. The molecular weight excluding hydrogens is 254 g/mol. The van der Waals surface area contributed by atoms with E-state index in [2.05, 4.69) is 36.4 Å². The van der Waals surface area contributed by atoms with Gasteiger partial charge in [-0.05, 0) is 42.0 Å². The first-order valence-corrected chi connectivity index (χ1v) is 7.20. The first-order chi connectivity index (χ1) is 9.25. The van der Waals surface area contributed by atoms with Gasteiger partial charge < -0.3 is 5.73 Å². The van der Waals surface area contributed by atoms with E-state index < -0.39 is 0 Å². The predicted octanol–water partition coefficient (Wildman–Crippen LogP) is 3.94. The summed E-state index contributed by atoms with van der Waals surface area (Å²) in [7, 11) is 0. The maximum Gasteiger partial charge on any atom is 0.0440 e. The second kappa shape index (κ2) is 5.36. The van der Waals surface area contributed by atoms with Crippen LogP contribution in [0.5, 0.6) is 0 Å². The van der Waals surface area contributed by atoms with E-state index in [0.29, 0.717) is 5.92 Å². The highest BCUT2D eigenvalue weighted by Crippen LogP contribution is 2.36. The normalized spacial score (nSPS) is 22.0. The van der Waals surface area contributed by atoms with Crippen molar-refractivity contribution in [3.05, 3.63) is 70.2 Å². The van der Waals surface area contributed by atoms with Gasteiger partial charge >= 0.3 is 0 Å². The lowest BCUT2D eigenvalue weighted by Gasteiger charge is -2.32. The van der Waals surface area contributed by atoms with Gasteiger partial charge in [-0.1, -0.05) is 54.1 Å². The molecular formula is C17H18ClN. The van der Waals surface area contributed by atoms with Crippen molar-refractivity contribution < 1.29 is 0 Å². The average Bonchev–Trinajstić information content (AvgIpc) is 2.43. The molecule has 0 amide bonds. The molecule has 2 heteroatoms. The van der Waals surface area contributed by atoms with Crippen molar-refractivity contribution in [2.24, 2.45) is 5.73 Å². The van der Waals surface area contributed by atoms with Crippen molar-refractivity contribution in [1.82, 2.24) is 0 Å². The molecule has 0 spiro atoms. The third-order valence-electron chi connectivity index (χ3n) is 4.10. The average molecular weight is 272 g/mol. The zero-order valence-electron chi connectivity index (χ0n) is 10.9. The highest BCUT2D eigenvalue weighted by molar-refractivity contribution is 6.31. The Kier molecular flexibility index (Phi) is 3.58. The number of benzene rings is 2.